The maximum atomic E-state index is 12.9. The number of amides is 1. The topological polar surface area (TPSA) is 72.3 Å². The van der Waals surface area contributed by atoms with Crippen LogP contribution in [0.5, 0.6) is 0 Å². The Kier molecular flexibility index (Phi) is 4.39. The number of carbonyl (C=O) groups excluding carboxylic acids is 1. The molecule has 1 amide bonds. The number of likely N-dealkylation sites (N-methyl/N-ethyl adjacent to an activating group) is 1. The van der Waals surface area contributed by atoms with Crippen LogP contribution in [-0.4, -0.2) is 24.4 Å². The van der Waals surface area contributed by atoms with Gasteiger partial charge in [0.05, 0.1) is 6.54 Å². The summed E-state index contributed by atoms with van der Waals surface area (Å²) in [6, 6.07) is 4.47. The number of benzene rings is 1. The second-order valence-electron chi connectivity index (χ2n) is 3.76. The van der Waals surface area contributed by atoms with Crippen LogP contribution in [0.2, 0.25) is 0 Å². The predicted octanol–water partition coefficient (Wildman–Crippen LogP) is 0.201. The van der Waals surface area contributed by atoms with Crippen LogP contribution in [-0.2, 0) is 17.9 Å². The lowest BCUT2D eigenvalue weighted by atomic mass is 10.1. The number of halogens is 1. The Bertz CT molecular complexity index is 381. The van der Waals surface area contributed by atoms with Gasteiger partial charge in [-0.2, -0.15) is 0 Å². The predicted molar refractivity (Wildman–Crippen MR) is 59.8 cm³/mol. The minimum atomic E-state index is -0.390. The molecule has 0 aliphatic rings. The van der Waals surface area contributed by atoms with Crippen LogP contribution in [0.15, 0.2) is 18.2 Å². The van der Waals surface area contributed by atoms with Crippen molar-refractivity contribution in [2.24, 2.45) is 11.5 Å². The van der Waals surface area contributed by atoms with Gasteiger partial charge in [0.25, 0.3) is 0 Å². The first-order valence-electron chi connectivity index (χ1n) is 4.97. The molecule has 0 aromatic heterocycles. The van der Waals surface area contributed by atoms with Gasteiger partial charge in [0, 0.05) is 13.1 Å². The highest BCUT2D eigenvalue weighted by molar-refractivity contribution is 5.75. The zero-order chi connectivity index (χ0) is 12.1. The van der Waals surface area contributed by atoms with Crippen molar-refractivity contribution < 1.29 is 9.18 Å². The summed E-state index contributed by atoms with van der Waals surface area (Å²) in [4.78, 5) is 12.5. The van der Waals surface area contributed by atoms with E-state index in [1.807, 2.05) is 0 Å². The minimum absolute atomic E-state index is 0.168. The summed E-state index contributed by atoms with van der Waals surface area (Å²) >= 11 is 0. The van der Waals surface area contributed by atoms with Crippen LogP contribution < -0.4 is 11.5 Å². The molecule has 0 bridgehead atoms. The molecule has 0 fully saturated rings. The van der Waals surface area contributed by atoms with Gasteiger partial charge in [-0.15, -0.1) is 0 Å². The molecule has 4 N–H and O–H groups in total. The smallest absolute Gasteiger partial charge is 0.231 e. The molecule has 88 valence electrons. The van der Waals surface area contributed by atoms with E-state index < -0.39 is 0 Å². The van der Waals surface area contributed by atoms with Gasteiger partial charge in [0.1, 0.15) is 5.82 Å². The SMILES string of the molecule is CN(CC(N)=O)Cc1ccc(F)cc1CN. The first-order chi connectivity index (χ1) is 7.52. The summed E-state index contributed by atoms with van der Waals surface area (Å²) < 4.78 is 12.9. The highest BCUT2D eigenvalue weighted by Gasteiger charge is 2.07. The Balaban J connectivity index is 2.76. The zero-order valence-electron chi connectivity index (χ0n) is 9.24. The van der Waals surface area contributed by atoms with Crippen LogP contribution in [0.3, 0.4) is 0 Å². The molecule has 1 rings (SSSR count). The molecule has 1 aromatic rings. The average molecular weight is 225 g/mol. The molecule has 0 unspecified atom stereocenters. The Morgan fingerprint density at radius 2 is 2.12 bits per heavy atom. The van der Waals surface area contributed by atoms with Gasteiger partial charge in [0.2, 0.25) is 5.91 Å². The second-order valence-corrected chi connectivity index (χ2v) is 3.76. The van der Waals surface area contributed by atoms with Crippen molar-refractivity contribution in [2.75, 3.05) is 13.6 Å². The summed E-state index contributed by atoms with van der Waals surface area (Å²) in [5.74, 6) is -0.694. The second kappa shape index (κ2) is 5.58. The van der Waals surface area contributed by atoms with E-state index in [2.05, 4.69) is 0 Å². The standard InChI is InChI=1S/C11H16FN3O/c1-15(7-11(14)16)6-8-2-3-10(12)4-9(8)5-13/h2-4H,5-7,13H2,1H3,(H2,14,16). The summed E-state index contributed by atoms with van der Waals surface area (Å²) in [6.45, 7) is 0.967. The summed E-state index contributed by atoms with van der Waals surface area (Å²) in [5.41, 5.74) is 12.3. The number of nitrogens with zero attached hydrogens (tertiary/aromatic N) is 1. The number of primary amides is 1. The van der Waals surface area contributed by atoms with Crippen molar-refractivity contribution in [2.45, 2.75) is 13.1 Å². The van der Waals surface area contributed by atoms with E-state index in [9.17, 15) is 9.18 Å². The third-order valence-electron chi connectivity index (χ3n) is 2.25. The lowest BCUT2D eigenvalue weighted by Gasteiger charge is -2.16. The summed E-state index contributed by atoms with van der Waals surface area (Å²) in [5, 5.41) is 0. The van der Waals surface area contributed by atoms with Crippen LogP contribution in [0.25, 0.3) is 0 Å². The normalized spacial score (nSPS) is 10.8. The Morgan fingerprint density at radius 3 is 2.69 bits per heavy atom. The van der Waals surface area contributed by atoms with Crippen LogP contribution >= 0.6 is 0 Å². The molecule has 0 saturated carbocycles. The molecule has 16 heavy (non-hydrogen) atoms. The third-order valence-corrected chi connectivity index (χ3v) is 2.25. The number of carbonyl (C=O) groups is 1. The molecule has 5 heteroatoms. The summed E-state index contributed by atoms with van der Waals surface area (Å²) in [7, 11) is 1.77. The third kappa shape index (κ3) is 3.60. The first kappa shape index (κ1) is 12.6. The average Bonchev–Trinajstić information content (AvgIpc) is 2.19. The lowest BCUT2D eigenvalue weighted by molar-refractivity contribution is -0.118. The van der Waals surface area contributed by atoms with Gasteiger partial charge in [-0.05, 0) is 30.3 Å². The van der Waals surface area contributed by atoms with Gasteiger partial charge < -0.3 is 11.5 Å². The van der Waals surface area contributed by atoms with E-state index in [1.54, 1.807) is 18.0 Å². The number of rotatable bonds is 5. The maximum absolute atomic E-state index is 12.9. The van der Waals surface area contributed by atoms with E-state index in [0.29, 0.717) is 6.54 Å². The quantitative estimate of drug-likeness (QED) is 0.752. The first-order valence-corrected chi connectivity index (χ1v) is 4.97. The Morgan fingerprint density at radius 1 is 1.44 bits per heavy atom. The van der Waals surface area contributed by atoms with E-state index in [1.165, 1.54) is 12.1 Å². The molecular formula is C11H16FN3O. The van der Waals surface area contributed by atoms with Crippen molar-refractivity contribution in [3.05, 3.63) is 35.1 Å². The van der Waals surface area contributed by atoms with Gasteiger partial charge in [-0.1, -0.05) is 6.07 Å². The number of nitrogens with two attached hydrogens (primary N) is 2. The van der Waals surface area contributed by atoms with Gasteiger partial charge in [-0.3, -0.25) is 9.69 Å². The fourth-order valence-electron chi connectivity index (χ4n) is 1.55. The molecular weight excluding hydrogens is 209 g/mol. The summed E-state index contributed by atoms with van der Waals surface area (Å²) in [6.07, 6.45) is 0. The van der Waals surface area contributed by atoms with Crippen molar-refractivity contribution >= 4 is 5.91 Å². The van der Waals surface area contributed by atoms with Gasteiger partial charge in [-0.25, -0.2) is 4.39 Å². The minimum Gasteiger partial charge on any atom is -0.369 e. The van der Waals surface area contributed by atoms with Crippen molar-refractivity contribution in [3.8, 4) is 0 Å². The molecule has 1 aromatic carbocycles. The molecule has 0 heterocycles. The van der Waals surface area contributed by atoms with E-state index in [-0.39, 0.29) is 24.8 Å². The van der Waals surface area contributed by atoms with Gasteiger partial charge >= 0.3 is 0 Å². The fraction of sp³-hybridized carbons (Fsp3) is 0.364. The van der Waals surface area contributed by atoms with Crippen LogP contribution in [0, 0.1) is 5.82 Å². The number of hydrogen-bond acceptors (Lipinski definition) is 3. The molecule has 0 atom stereocenters. The highest BCUT2D eigenvalue weighted by Crippen LogP contribution is 2.12. The maximum Gasteiger partial charge on any atom is 0.231 e. The van der Waals surface area contributed by atoms with E-state index in [0.717, 1.165) is 11.1 Å². The van der Waals surface area contributed by atoms with Crippen LogP contribution in [0.1, 0.15) is 11.1 Å². The van der Waals surface area contributed by atoms with Crippen molar-refractivity contribution in [3.63, 3.8) is 0 Å². The van der Waals surface area contributed by atoms with E-state index >= 15 is 0 Å². The monoisotopic (exact) mass is 225 g/mol. The van der Waals surface area contributed by atoms with Gasteiger partial charge in [0.15, 0.2) is 0 Å². The molecule has 0 saturated heterocycles. The Hall–Kier alpha value is -1.46. The fourth-order valence-corrected chi connectivity index (χ4v) is 1.55. The Labute approximate surface area is 94.0 Å². The largest absolute Gasteiger partial charge is 0.369 e. The van der Waals surface area contributed by atoms with Crippen molar-refractivity contribution in [1.29, 1.82) is 0 Å². The molecule has 4 nitrogen and oxygen atoms in total. The molecule has 0 aliphatic carbocycles. The molecule has 0 radical (unpaired) electrons. The molecule has 0 spiro atoms. The highest BCUT2D eigenvalue weighted by atomic mass is 19.1. The zero-order valence-corrected chi connectivity index (χ0v) is 9.24. The lowest BCUT2D eigenvalue weighted by Crippen LogP contribution is -2.30. The van der Waals surface area contributed by atoms with Crippen molar-refractivity contribution in [1.82, 2.24) is 4.90 Å². The van der Waals surface area contributed by atoms with Crippen LogP contribution in [0.4, 0.5) is 4.39 Å². The number of hydrogen-bond donors (Lipinski definition) is 2. The molecule has 0 aliphatic heterocycles. The van der Waals surface area contributed by atoms with E-state index in [4.69, 9.17) is 11.5 Å².